The van der Waals surface area contributed by atoms with Crippen LogP contribution in [0, 0.1) is 11.3 Å². The van der Waals surface area contributed by atoms with Gasteiger partial charge in [-0.1, -0.05) is 5.21 Å². The summed E-state index contributed by atoms with van der Waals surface area (Å²) < 4.78 is 11.7. The summed E-state index contributed by atoms with van der Waals surface area (Å²) >= 11 is 0. The van der Waals surface area contributed by atoms with E-state index in [-0.39, 0.29) is 12.2 Å². The van der Waals surface area contributed by atoms with Crippen molar-refractivity contribution in [3.05, 3.63) is 23.9 Å². The summed E-state index contributed by atoms with van der Waals surface area (Å²) in [5.41, 5.74) is 1.32. The second kappa shape index (κ2) is 5.84. The minimum absolute atomic E-state index is 0.00448. The molecule has 0 aliphatic heterocycles. The summed E-state index contributed by atoms with van der Waals surface area (Å²) in [4.78, 5) is 11.0. The monoisotopic (exact) mass is 272 g/mol. The second-order valence-corrected chi connectivity index (χ2v) is 3.83. The van der Waals surface area contributed by atoms with E-state index in [1.165, 1.54) is 18.9 Å². The SMILES string of the molecule is COc1ccc(-c2c(C=O)nnn2CC#N)cc1OC. The highest BCUT2D eigenvalue weighted by Gasteiger charge is 2.16. The Morgan fingerprint density at radius 3 is 2.70 bits per heavy atom. The number of aromatic nitrogens is 3. The summed E-state index contributed by atoms with van der Waals surface area (Å²) in [5.74, 6) is 1.09. The zero-order valence-electron chi connectivity index (χ0n) is 11.0. The summed E-state index contributed by atoms with van der Waals surface area (Å²) in [7, 11) is 3.06. The molecule has 0 spiro atoms. The van der Waals surface area contributed by atoms with Gasteiger partial charge in [-0.15, -0.1) is 5.10 Å². The molecule has 2 aromatic rings. The molecule has 0 N–H and O–H groups in total. The topological polar surface area (TPSA) is 90.0 Å². The summed E-state index contributed by atoms with van der Waals surface area (Å²) in [6, 6.07) is 7.14. The number of rotatable bonds is 5. The Kier molecular flexibility index (Phi) is 3.96. The molecule has 1 aromatic carbocycles. The van der Waals surface area contributed by atoms with Gasteiger partial charge in [0, 0.05) is 5.56 Å². The van der Waals surface area contributed by atoms with E-state index in [0.29, 0.717) is 29.0 Å². The molecule has 0 saturated carbocycles. The molecule has 0 atom stereocenters. The fourth-order valence-corrected chi connectivity index (χ4v) is 1.86. The lowest BCUT2D eigenvalue weighted by Crippen LogP contribution is -2.02. The molecule has 2 rings (SSSR count). The van der Waals surface area contributed by atoms with Crippen molar-refractivity contribution >= 4 is 6.29 Å². The highest BCUT2D eigenvalue weighted by Crippen LogP contribution is 2.32. The molecule has 0 aliphatic carbocycles. The Bertz CT molecular complexity index is 673. The van der Waals surface area contributed by atoms with Gasteiger partial charge in [0.1, 0.15) is 12.2 Å². The summed E-state index contributed by atoms with van der Waals surface area (Å²) in [6.45, 7) is 0.00448. The summed E-state index contributed by atoms with van der Waals surface area (Å²) in [6.07, 6.45) is 0.604. The predicted octanol–water partition coefficient (Wildman–Crippen LogP) is 1.30. The normalized spacial score (nSPS) is 9.85. The van der Waals surface area contributed by atoms with Gasteiger partial charge in [-0.3, -0.25) is 4.79 Å². The van der Waals surface area contributed by atoms with E-state index in [9.17, 15) is 4.79 Å². The smallest absolute Gasteiger partial charge is 0.172 e. The van der Waals surface area contributed by atoms with Crippen molar-refractivity contribution in [2.45, 2.75) is 6.54 Å². The van der Waals surface area contributed by atoms with E-state index in [0.717, 1.165) is 0 Å². The maximum atomic E-state index is 11.0. The van der Waals surface area contributed by atoms with Gasteiger partial charge in [0.15, 0.2) is 23.5 Å². The van der Waals surface area contributed by atoms with Crippen LogP contribution in [0.15, 0.2) is 18.2 Å². The summed E-state index contributed by atoms with van der Waals surface area (Å²) in [5, 5.41) is 16.3. The molecule has 0 radical (unpaired) electrons. The van der Waals surface area contributed by atoms with E-state index in [4.69, 9.17) is 14.7 Å². The molecule has 102 valence electrons. The van der Waals surface area contributed by atoms with Crippen LogP contribution >= 0.6 is 0 Å². The number of benzene rings is 1. The highest BCUT2D eigenvalue weighted by molar-refractivity contribution is 5.83. The highest BCUT2D eigenvalue weighted by atomic mass is 16.5. The Balaban J connectivity index is 2.58. The molecule has 0 fully saturated rings. The zero-order chi connectivity index (χ0) is 14.5. The Morgan fingerprint density at radius 2 is 2.10 bits per heavy atom. The van der Waals surface area contributed by atoms with Crippen LogP contribution in [-0.2, 0) is 6.54 Å². The first-order valence-electron chi connectivity index (χ1n) is 5.73. The molecule has 1 heterocycles. The number of ether oxygens (including phenoxy) is 2. The van der Waals surface area contributed by atoms with E-state index < -0.39 is 0 Å². The lowest BCUT2D eigenvalue weighted by molar-refractivity contribution is 0.111. The number of carbonyl (C=O) groups excluding carboxylic acids is 1. The van der Waals surface area contributed by atoms with Crippen molar-refractivity contribution in [3.8, 4) is 28.8 Å². The van der Waals surface area contributed by atoms with Crippen LogP contribution in [0.1, 0.15) is 10.5 Å². The largest absolute Gasteiger partial charge is 0.493 e. The average Bonchev–Trinajstić information content (AvgIpc) is 2.89. The van der Waals surface area contributed by atoms with E-state index in [1.54, 1.807) is 18.2 Å². The third-order valence-corrected chi connectivity index (χ3v) is 2.75. The number of hydrogen-bond acceptors (Lipinski definition) is 6. The van der Waals surface area contributed by atoms with Crippen LogP contribution in [0.25, 0.3) is 11.3 Å². The first-order chi connectivity index (χ1) is 9.74. The molecule has 1 aromatic heterocycles. The number of nitriles is 1. The molecular formula is C13H12N4O3. The first kappa shape index (κ1) is 13.5. The van der Waals surface area contributed by atoms with Crippen molar-refractivity contribution < 1.29 is 14.3 Å². The van der Waals surface area contributed by atoms with Crippen LogP contribution in [0.2, 0.25) is 0 Å². The predicted molar refractivity (Wildman–Crippen MR) is 69.6 cm³/mol. The number of hydrogen-bond donors (Lipinski definition) is 0. The number of carbonyl (C=O) groups is 1. The molecule has 7 nitrogen and oxygen atoms in total. The van der Waals surface area contributed by atoms with Gasteiger partial charge in [-0.05, 0) is 18.2 Å². The van der Waals surface area contributed by atoms with Gasteiger partial charge < -0.3 is 9.47 Å². The number of methoxy groups -OCH3 is 2. The first-order valence-corrected chi connectivity index (χ1v) is 5.73. The maximum absolute atomic E-state index is 11.0. The van der Waals surface area contributed by atoms with Gasteiger partial charge in [0.2, 0.25) is 0 Å². The molecule has 0 amide bonds. The van der Waals surface area contributed by atoms with Crippen molar-refractivity contribution in [2.24, 2.45) is 0 Å². The molecule has 20 heavy (non-hydrogen) atoms. The third-order valence-electron chi connectivity index (χ3n) is 2.75. The Labute approximate surface area is 115 Å². The van der Waals surface area contributed by atoms with Crippen LogP contribution in [0.5, 0.6) is 11.5 Å². The molecule has 0 aliphatic rings. The van der Waals surface area contributed by atoms with Crippen molar-refractivity contribution in [1.29, 1.82) is 5.26 Å². The third kappa shape index (κ3) is 2.31. The van der Waals surface area contributed by atoms with E-state index >= 15 is 0 Å². The standard InChI is InChI=1S/C13H12N4O3/c1-19-11-4-3-9(7-12(11)20-2)13-10(8-18)15-16-17(13)6-5-14/h3-4,7-8H,6H2,1-2H3. The van der Waals surface area contributed by atoms with Crippen LogP contribution in [0.4, 0.5) is 0 Å². The van der Waals surface area contributed by atoms with Crippen molar-refractivity contribution in [1.82, 2.24) is 15.0 Å². The second-order valence-electron chi connectivity index (χ2n) is 3.83. The molecule has 7 heteroatoms. The van der Waals surface area contributed by atoms with Crippen LogP contribution in [-0.4, -0.2) is 35.5 Å². The van der Waals surface area contributed by atoms with Gasteiger partial charge in [0.05, 0.1) is 20.3 Å². The van der Waals surface area contributed by atoms with Gasteiger partial charge >= 0.3 is 0 Å². The molecule has 0 unspecified atom stereocenters. The lowest BCUT2D eigenvalue weighted by Gasteiger charge is -2.10. The maximum Gasteiger partial charge on any atom is 0.172 e. The zero-order valence-corrected chi connectivity index (χ0v) is 11.0. The Hall–Kier alpha value is -2.88. The van der Waals surface area contributed by atoms with Crippen molar-refractivity contribution in [3.63, 3.8) is 0 Å². The van der Waals surface area contributed by atoms with Crippen LogP contribution < -0.4 is 9.47 Å². The van der Waals surface area contributed by atoms with Gasteiger partial charge in [0.25, 0.3) is 0 Å². The van der Waals surface area contributed by atoms with Crippen LogP contribution in [0.3, 0.4) is 0 Å². The fraction of sp³-hybridized carbons (Fsp3) is 0.231. The van der Waals surface area contributed by atoms with E-state index in [2.05, 4.69) is 10.3 Å². The Morgan fingerprint density at radius 1 is 1.35 bits per heavy atom. The number of nitrogens with zero attached hydrogens (tertiary/aromatic N) is 4. The van der Waals surface area contributed by atoms with Crippen molar-refractivity contribution in [2.75, 3.05) is 14.2 Å². The van der Waals surface area contributed by atoms with E-state index in [1.807, 2.05) is 6.07 Å². The minimum Gasteiger partial charge on any atom is -0.493 e. The minimum atomic E-state index is 0.00448. The average molecular weight is 272 g/mol. The van der Waals surface area contributed by atoms with Gasteiger partial charge in [-0.2, -0.15) is 5.26 Å². The quantitative estimate of drug-likeness (QED) is 0.762. The lowest BCUT2D eigenvalue weighted by atomic mass is 10.1. The van der Waals surface area contributed by atoms with Gasteiger partial charge in [-0.25, -0.2) is 4.68 Å². The fourth-order valence-electron chi connectivity index (χ4n) is 1.86. The molecule has 0 saturated heterocycles. The molecule has 0 bridgehead atoms. The molecular weight excluding hydrogens is 260 g/mol. The number of aldehydes is 1.